The zero-order valence-corrected chi connectivity index (χ0v) is 9.87. The Morgan fingerprint density at radius 2 is 2.22 bits per heavy atom. The molecule has 0 saturated carbocycles. The van der Waals surface area contributed by atoms with E-state index in [1.807, 2.05) is 6.07 Å². The topological polar surface area (TPSA) is 75.6 Å². The van der Waals surface area contributed by atoms with Crippen LogP contribution in [0, 0.1) is 0 Å². The Morgan fingerprint density at radius 1 is 1.22 bits per heavy atom. The third-order valence-electron chi connectivity index (χ3n) is 2.90. The third-order valence-corrected chi connectivity index (χ3v) is 2.90. The smallest absolute Gasteiger partial charge is 0.228 e. The Morgan fingerprint density at radius 3 is 3.00 bits per heavy atom. The van der Waals surface area contributed by atoms with E-state index < -0.39 is 0 Å². The van der Waals surface area contributed by atoms with E-state index in [0.717, 1.165) is 18.7 Å². The first-order valence-corrected chi connectivity index (χ1v) is 6.01. The van der Waals surface area contributed by atoms with Gasteiger partial charge in [0.25, 0.3) is 0 Å². The van der Waals surface area contributed by atoms with E-state index in [2.05, 4.69) is 30.6 Å². The molecule has 18 heavy (non-hydrogen) atoms. The summed E-state index contributed by atoms with van der Waals surface area (Å²) in [5, 5.41) is 6.46. The second kappa shape index (κ2) is 5.05. The van der Waals surface area contributed by atoms with Gasteiger partial charge in [-0.25, -0.2) is 15.0 Å². The van der Waals surface area contributed by atoms with Gasteiger partial charge >= 0.3 is 0 Å². The van der Waals surface area contributed by atoms with Crippen LogP contribution in [0.4, 0.5) is 11.8 Å². The van der Waals surface area contributed by atoms with Crippen LogP contribution in [0.3, 0.4) is 0 Å². The molecule has 1 aliphatic heterocycles. The quantitative estimate of drug-likeness (QED) is 0.848. The lowest BCUT2D eigenvalue weighted by atomic mass is 10.1. The average molecular weight is 242 g/mol. The molecule has 2 aromatic heterocycles. The van der Waals surface area contributed by atoms with Crippen molar-refractivity contribution in [2.45, 2.75) is 18.9 Å². The molecule has 0 radical (unpaired) electrons. The molecule has 0 amide bonds. The Kier molecular flexibility index (Phi) is 3.10. The molecular weight excluding hydrogens is 228 g/mol. The predicted octanol–water partition coefficient (Wildman–Crippen LogP) is 1.43. The summed E-state index contributed by atoms with van der Waals surface area (Å²) in [7, 11) is 0. The molecule has 0 unspecified atom stereocenters. The highest BCUT2D eigenvalue weighted by Crippen LogP contribution is 2.21. The van der Waals surface area contributed by atoms with Crippen molar-refractivity contribution in [1.82, 2.24) is 25.3 Å². The summed E-state index contributed by atoms with van der Waals surface area (Å²) in [6.45, 7) is 1.06. The fraction of sp³-hybridized carbons (Fsp3) is 0.333. The van der Waals surface area contributed by atoms with Crippen LogP contribution in [0.15, 0.2) is 30.9 Å². The maximum atomic E-state index is 4.50. The van der Waals surface area contributed by atoms with E-state index in [-0.39, 0.29) is 0 Å². The minimum atomic E-state index is 0.343. The Bertz CT molecular complexity index is 509. The molecule has 1 aliphatic rings. The highest BCUT2D eigenvalue weighted by atomic mass is 15.1. The summed E-state index contributed by atoms with van der Waals surface area (Å²) in [5.41, 5.74) is 1.02. The van der Waals surface area contributed by atoms with Crippen molar-refractivity contribution in [2.24, 2.45) is 0 Å². The molecule has 0 bridgehead atoms. The summed E-state index contributed by atoms with van der Waals surface area (Å²) in [6, 6.07) is 2.29. The first kappa shape index (κ1) is 11.0. The fourth-order valence-corrected chi connectivity index (χ4v) is 2.04. The lowest BCUT2D eigenvalue weighted by Crippen LogP contribution is -2.15. The SMILES string of the molecule is c1cnc(Nc2nccc([C@@H]3CCCN3)n2)cn1. The number of nitrogens with zero attached hydrogens (tertiary/aromatic N) is 4. The van der Waals surface area contributed by atoms with Gasteiger partial charge in [-0.3, -0.25) is 4.98 Å². The van der Waals surface area contributed by atoms with Crippen LogP contribution < -0.4 is 10.6 Å². The van der Waals surface area contributed by atoms with Crippen LogP contribution in [0.5, 0.6) is 0 Å². The zero-order valence-electron chi connectivity index (χ0n) is 9.87. The summed E-state index contributed by atoms with van der Waals surface area (Å²) in [4.78, 5) is 16.8. The Balaban J connectivity index is 1.78. The average Bonchev–Trinajstić information content (AvgIpc) is 2.94. The van der Waals surface area contributed by atoms with Crippen molar-refractivity contribution in [2.75, 3.05) is 11.9 Å². The van der Waals surface area contributed by atoms with E-state index in [0.29, 0.717) is 17.8 Å². The van der Waals surface area contributed by atoms with Crippen molar-refractivity contribution in [3.05, 3.63) is 36.5 Å². The summed E-state index contributed by atoms with van der Waals surface area (Å²) >= 11 is 0. The van der Waals surface area contributed by atoms with Gasteiger partial charge in [0.1, 0.15) is 0 Å². The molecule has 1 atom stereocenters. The third kappa shape index (κ3) is 2.43. The predicted molar refractivity (Wildman–Crippen MR) is 67.3 cm³/mol. The van der Waals surface area contributed by atoms with Crippen LogP contribution in [0.25, 0.3) is 0 Å². The second-order valence-electron chi connectivity index (χ2n) is 4.17. The normalized spacial score (nSPS) is 18.8. The number of rotatable bonds is 3. The van der Waals surface area contributed by atoms with E-state index in [4.69, 9.17) is 0 Å². The number of hydrogen-bond donors (Lipinski definition) is 2. The maximum Gasteiger partial charge on any atom is 0.228 e. The number of nitrogens with one attached hydrogen (secondary N) is 2. The van der Waals surface area contributed by atoms with Crippen molar-refractivity contribution >= 4 is 11.8 Å². The maximum absolute atomic E-state index is 4.50. The monoisotopic (exact) mass is 242 g/mol. The minimum absolute atomic E-state index is 0.343. The summed E-state index contributed by atoms with van der Waals surface area (Å²) < 4.78 is 0. The van der Waals surface area contributed by atoms with Gasteiger partial charge in [0.2, 0.25) is 5.95 Å². The summed E-state index contributed by atoms with van der Waals surface area (Å²) in [6.07, 6.45) is 8.99. The van der Waals surface area contributed by atoms with Crippen molar-refractivity contribution in [3.63, 3.8) is 0 Å². The van der Waals surface area contributed by atoms with Crippen molar-refractivity contribution in [3.8, 4) is 0 Å². The lowest BCUT2D eigenvalue weighted by molar-refractivity contribution is 0.626. The van der Waals surface area contributed by atoms with Crippen LogP contribution >= 0.6 is 0 Å². The molecule has 92 valence electrons. The van der Waals surface area contributed by atoms with E-state index in [9.17, 15) is 0 Å². The summed E-state index contributed by atoms with van der Waals surface area (Å²) in [5.74, 6) is 1.20. The molecule has 1 saturated heterocycles. The molecule has 2 aromatic rings. The standard InChI is InChI=1S/C12H14N6/c1-2-9(14-4-1)10-3-5-16-12(17-10)18-11-8-13-6-7-15-11/h3,5-9,14H,1-2,4H2,(H,15,16,17,18)/t9-/m0/s1. The molecule has 0 aromatic carbocycles. The van der Waals surface area contributed by atoms with E-state index >= 15 is 0 Å². The second-order valence-corrected chi connectivity index (χ2v) is 4.17. The van der Waals surface area contributed by atoms with Crippen LogP contribution in [-0.2, 0) is 0 Å². The molecule has 6 heteroatoms. The fourth-order valence-electron chi connectivity index (χ4n) is 2.04. The van der Waals surface area contributed by atoms with Gasteiger partial charge in [-0.15, -0.1) is 0 Å². The first-order chi connectivity index (χ1) is 8.92. The van der Waals surface area contributed by atoms with Gasteiger partial charge < -0.3 is 10.6 Å². The van der Waals surface area contributed by atoms with Gasteiger partial charge in [0.05, 0.1) is 11.9 Å². The Hall–Kier alpha value is -2.08. The molecule has 1 fully saturated rings. The lowest BCUT2D eigenvalue weighted by Gasteiger charge is -2.10. The molecule has 3 rings (SSSR count). The molecule has 3 heterocycles. The van der Waals surface area contributed by atoms with Crippen LogP contribution in [0.1, 0.15) is 24.6 Å². The van der Waals surface area contributed by atoms with Crippen LogP contribution in [-0.4, -0.2) is 26.5 Å². The number of hydrogen-bond acceptors (Lipinski definition) is 6. The molecule has 0 spiro atoms. The molecule has 0 aliphatic carbocycles. The molecule has 2 N–H and O–H groups in total. The largest absolute Gasteiger partial charge is 0.309 e. The van der Waals surface area contributed by atoms with Gasteiger partial charge in [-0.05, 0) is 25.5 Å². The van der Waals surface area contributed by atoms with Gasteiger partial charge in [0, 0.05) is 24.6 Å². The highest BCUT2D eigenvalue weighted by molar-refractivity contribution is 5.45. The van der Waals surface area contributed by atoms with Crippen molar-refractivity contribution in [1.29, 1.82) is 0 Å². The zero-order chi connectivity index (χ0) is 12.2. The van der Waals surface area contributed by atoms with Gasteiger partial charge in [-0.2, -0.15) is 0 Å². The molecule has 6 nitrogen and oxygen atoms in total. The van der Waals surface area contributed by atoms with E-state index in [1.165, 1.54) is 6.42 Å². The highest BCUT2D eigenvalue weighted by Gasteiger charge is 2.17. The van der Waals surface area contributed by atoms with Gasteiger partial charge in [-0.1, -0.05) is 0 Å². The van der Waals surface area contributed by atoms with E-state index in [1.54, 1.807) is 24.8 Å². The molecular formula is C12H14N6. The number of anilines is 2. The van der Waals surface area contributed by atoms with Crippen molar-refractivity contribution < 1.29 is 0 Å². The van der Waals surface area contributed by atoms with Crippen LogP contribution in [0.2, 0.25) is 0 Å². The Labute approximate surface area is 105 Å². The minimum Gasteiger partial charge on any atom is -0.309 e. The number of aromatic nitrogens is 4. The van der Waals surface area contributed by atoms with Gasteiger partial charge in [0.15, 0.2) is 5.82 Å². The first-order valence-electron chi connectivity index (χ1n) is 6.01.